The number of imidazole rings is 1. The van der Waals surface area contributed by atoms with Gasteiger partial charge in [0.25, 0.3) is 5.56 Å². The number of aliphatic hydroxyl groups excluding tert-OH is 1. The van der Waals surface area contributed by atoms with Crippen molar-refractivity contribution in [3.05, 3.63) is 50.7 Å². The molecule has 15 nitrogen and oxygen atoms in total. The molecule has 0 aliphatic heterocycles. The van der Waals surface area contributed by atoms with E-state index in [9.17, 15) is 9.59 Å². The van der Waals surface area contributed by atoms with Crippen LogP contribution >= 0.6 is 0 Å². The van der Waals surface area contributed by atoms with Gasteiger partial charge >= 0.3 is 5.69 Å². The highest BCUT2D eigenvalue weighted by atomic mass is 16.6. The number of rotatable bonds is 28. The Labute approximate surface area is 330 Å². The average molecular weight is 788 g/mol. The third-order valence-corrected chi connectivity index (χ3v) is 10.5. The van der Waals surface area contributed by atoms with E-state index in [-0.39, 0.29) is 24.1 Å². The van der Waals surface area contributed by atoms with Crippen molar-refractivity contribution in [2.24, 2.45) is 11.8 Å². The first kappa shape index (κ1) is 44.1. The fraction of sp³-hybridized carbons (Fsp3) is 0.732. The largest absolute Gasteiger partial charge is 0.394 e. The lowest BCUT2D eigenvalue weighted by Crippen LogP contribution is -2.42. The van der Waals surface area contributed by atoms with Gasteiger partial charge in [-0.15, -0.1) is 0 Å². The lowest BCUT2D eigenvalue weighted by Gasteiger charge is -2.24. The highest BCUT2D eigenvalue weighted by molar-refractivity contribution is 5.75. The summed E-state index contributed by atoms with van der Waals surface area (Å²) in [7, 11) is 1.64. The molecule has 1 atom stereocenters. The number of H-pyrrole nitrogens is 1. The van der Waals surface area contributed by atoms with E-state index in [1.807, 2.05) is 24.3 Å². The Morgan fingerprint density at radius 2 is 1.25 bits per heavy atom. The van der Waals surface area contributed by atoms with Gasteiger partial charge in [0.2, 0.25) is 0 Å². The molecular weight excluding hydrogens is 722 g/mol. The van der Waals surface area contributed by atoms with Crippen molar-refractivity contribution in [2.75, 3.05) is 93.0 Å². The molecule has 0 amide bonds. The molecule has 15 heteroatoms. The minimum absolute atomic E-state index is 0.0146. The Kier molecular flexibility index (Phi) is 20.0. The quantitative estimate of drug-likeness (QED) is 0.0719. The molecule has 2 aromatic heterocycles. The Balaban J connectivity index is 1.06. The number of aromatic amines is 1. The van der Waals surface area contributed by atoms with Gasteiger partial charge in [-0.2, -0.15) is 0 Å². The standard InChI is InChI=1S/C41H65N5O10/c1-50-31-36(56-27-26-55-25-24-54-23-22-53-21-20-52-19-18-51-17-16-47)42-28-32-12-14-35(15-13-32)38-43-37-39(44-38)45(29-33-8-4-2-5-9-33)41(49)46(40(37)48)30-34-10-6-3-7-11-34/h12-15,33-34,36,42,47H,2-11,16-31H2,1H3,(H,43,44). The van der Waals surface area contributed by atoms with Crippen LogP contribution < -0.4 is 16.6 Å². The van der Waals surface area contributed by atoms with Crippen molar-refractivity contribution in [2.45, 2.75) is 90.1 Å². The lowest BCUT2D eigenvalue weighted by atomic mass is 9.89. The molecule has 0 saturated heterocycles. The monoisotopic (exact) mass is 787 g/mol. The van der Waals surface area contributed by atoms with Gasteiger partial charge in [0, 0.05) is 32.3 Å². The topological polar surface area (TPSA) is 170 Å². The van der Waals surface area contributed by atoms with E-state index in [1.54, 1.807) is 11.7 Å². The van der Waals surface area contributed by atoms with Gasteiger partial charge in [0.1, 0.15) is 17.7 Å². The molecule has 3 N–H and O–H groups in total. The molecule has 314 valence electrons. The molecule has 2 fully saturated rings. The van der Waals surface area contributed by atoms with E-state index >= 15 is 0 Å². The molecule has 56 heavy (non-hydrogen) atoms. The van der Waals surface area contributed by atoms with Crippen molar-refractivity contribution < 1.29 is 38.3 Å². The summed E-state index contributed by atoms with van der Waals surface area (Å²) in [6, 6.07) is 8.02. The second-order valence-corrected chi connectivity index (χ2v) is 14.8. The minimum Gasteiger partial charge on any atom is -0.394 e. The van der Waals surface area contributed by atoms with Gasteiger partial charge in [-0.05, 0) is 43.1 Å². The molecule has 2 aliphatic carbocycles. The first-order chi connectivity index (χ1) is 27.6. The Morgan fingerprint density at radius 3 is 1.79 bits per heavy atom. The summed E-state index contributed by atoms with van der Waals surface area (Å²) in [6.07, 6.45) is 11.2. The number of fused-ring (bicyclic) bond motifs is 1. The normalized spacial score (nSPS) is 16.2. The molecule has 2 heterocycles. The van der Waals surface area contributed by atoms with Gasteiger partial charge in [0.15, 0.2) is 5.52 Å². The van der Waals surface area contributed by atoms with Crippen LogP contribution in [0, 0.1) is 11.8 Å². The summed E-state index contributed by atoms with van der Waals surface area (Å²) in [5, 5.41) is 12.1. The lowest BCUT2D eigenvalue weighted by molar-refractivity contribution is -0.0524. The number of hydrogen-bond donors (Lipinski definition) is 3. The number of aromatic nitrogens is 4. The van der Waals surface area contributed by atoms with E-state index in [4.69, 9.17) is 43.2 Å². The second kappa shape index (κ2) is 25.4. The summed E-state index contributed by atoms with van der Waals surface area (Å²) in [4.78, 5) is 36.0. The highest BCUT2D eigenvalue weighted by Gasteiger charge is 2.24. The minimum atomic E-state index is -0.319. The van der Waals surface area contributed by atoms with Crippen LogP contribution in [0.3, 0.4) is 0 Å². The molecule has 0 radical (unpaired) electrons. The highest BCUT2D eigenvalue weighted by Crippen LogP contribution is 2.27. The predicted molar refractivity (Wildman–Crippen MR) is 213 cm³/mol. The molecule has 0 spiro atoms. The van der Waals surface area contributed by atoms with Crippen LogP contribution in [0.1, 0.15) is 69.8 Å². The number of nitrogens with one attached hydrogen (secondary N) is 2. The molecule has 2 saturated carbocycles. The average Bonchev–Trinajstić information content (AvgIpc) is 3.68. The first-order valence-electron chi connectivity index (χ1n) is 20.7. The van der Waals surface area contributed by atoms with Gasteiger partial charge in [-0.1, -0.05) is 62.8 Å². The van der Waals surface area contributed by atoms with Crippen LogP contribution in [0.15, 0.2) is 33.9 Å². The SMILES string of the molecule is COCC(NCc1ccc(-c2nc3c(=O)n(CC4CCCCC4)c(=O)n(CC4CCCCC4)c3[nH]2)cc1)OCCOCCOCCOCCOCCOCCO. The molecule has 2 aliphatic rings. The van der Waals surface area contributed by atoms with Gasteiger partial charge in [0.05, 0.1) is 85.9 Å². The first-order valence-corrected chi connectivity index (χ1v) is 20.7. The van der Waals surface area contributed by atoms with Gasteiger partial charge in [-0.25, -0.2) is 9.78 Å². The van der Waals surface area contributed by atoms with Gasteiger partial charge in [-0.3, -0.25) is 19.2 Å². The fourth-order valence-electron chi connectivity index (χ4n) is 7.51. The number of nitrogens with zero attached hydrogens (tertiary/aromatic N) is 3. The smallest absolute Gasteiger partial charge is 0.332 e. The van der Waals surface area contributed by atoms with E-state index in [0.717, 1.165) is 49.7 Å². The van der Waals surface area contributed by atoms with Crippen LogP contribution in [0.25, 0.3) is 22.6 Å². The summed E-state index contributed by atoms with van der Waals surface area (Å²) in [5.74, 6) is 1.36. The Morgan fingerprint density at radius 1 is 0.732 bits per heavy atom. The van der Waals surface area contributed by atoms with Crippen molar-refractivity contribution in [3.8, 4) is 11.4 Å². The fourth-order valence-corrected chi connectivity index (χ4v) is 7.51. The molecule has 3 aromatic rings. The van der Waals surface area contributed by atoms with E-state index in [0.29, 0.717) is 128 Å². The summed E-state index contributed by atoms with van der Waals surface area (Å²) < 4.78 is 41.7. The summed E-state index contributed by atoms with van der Waals surface area (Å²) in [6.45, 7) is 6.94. The third-order valence-electron chi connectivity index (χ3n) is 10.5. The van der Waals surface area contributed by atoms with E-state index < -0.39 is 0 Å². The number of benzene rings is 1. The summed E-state index contributed by atoms with van der Waals surface area (Å²) >= 11 is 0. The van der Waals surface area contributed by atoms with Crippen LogP contribution in [-0.2, 0) is 52.8 Å². The third kappa shape index (κ3) is 14.4. The zero-order chi connectivity index (χ0) is 39.2. The zero-order valence-corrected chi connectivity index (χ0v) is 33.4. The molecule has 1 aromatic carbocycles. The van der Waals surface area contributed by atoms with Crippen LogP contribution in [0.5, 0.6) is 0 Å². The van der Waals surface area contributed by atoms with E-state index in [1.165, 1.54) is 30.3 Å². The van der Waals surface area contributed by atoms with Crippen LogP contribution in [0.4, 0.5) is 0 Å². The van der Waals surface area contributed by atoms with Gasteiger partial charge < -0.3 is 43.2 Å². The van der Waals surface area contributed by atoms with E-state index in [2.05, 4.69) is 10.3 Å². The van der Waals surface area contributed by atoms with Crippen LogP contribution in [-0.4, -0.2) is 123 Å². The second-order valence-electron chi connectivity index (χ2n) is 14.8. The molecule has 0 bridgehead atoms. The maximum Gasteiger partial charge on any atom is 0.332 e. The number of hydrogen-bond acceptors (Lipinski definition) is 12. The van der Waals surface area contributed by atoms with Crippen molar-refractivity contribution in [1.29, 1.82) is 0 Å². The number of ether oxygens (including phenoxy) is 7. The molecular formula is C41H65N5O10. The number of methoxy groups -OCH3 is 1. The van der Waals surface area contributed by atoms with Crippen molar-refractivity contribution in [1.82, 2.24) is 24.4 Å². The maximum atomic E-state index is 14.0. The molecule has 5 rings (SSSR count). The number of aliphatic hydroxyl groups is 1. The van der Waals surface area contributed by atoms with Crippen LogP contribution in [0.2, 0.25) is 0 Å². The zero-order valence-electron chi connectivity index (χ0n) is 33.4. The molecule has 1 unspecified atom stereocenters. The van der Waals surface area contributed by atoms with Crippen molar-refractivity contribution >= 4 is 11.2 Å². The van der Waals surface area contributed by atoms with Crippen molar-refractivity contribution in [3.63, 3.8) is 0 Å². The predicted octanol–water partition coefficient (Wildman–Crippen LogP) is 3.87. The maximum absolute atomic E-state index is 14.0. The Hall–Kier alpha value is -2.99. The Bertz CT molecular complexity index is 1630. The summed E-state index contributed by atoms with van der Waals surface area (Å²) in [5.41, 5.74) is 2.27.